The molecule has 0 atom stereocenters. The lowest BCUT2D eigenvalue weighted by atomic mass is 10.2. The fraction of sp³-hybridized carbons (Fsp3) is 0.600. The number of amides is 1. The topological polar surface area (TPSA) is 52.2 Å². The van der Waals surface area contributed by atoms with E-state index in [4.69, 9.17) is 0 Å². The molecule has 0 unspecified atom stereocenters. The summed E-state index contributed by atoms with van der Waals surface area (Å²) in [6.45, 7) is 1.94. The molecule has 1 N–H and O–H groups in total. The van der Waals surface area contributed by atoms with Crippen molar-refractivity contribution >= 4 is 5.91 Å². The molecule has 2 rings (SSSR count). The molecule has 82 valence electrons. The number of piperidine rings is 1. The highest BCUT2D eigenvalue weighted by atomic mass is 16.2. The number of H-pyrrole nitrogens is 1. The number of rotatable bonds is 2. The van der Waals surface area contributed by atoms with Gasteiger partial charge in [-0.15, -0.1) is 0 Å². The smallest absolute Gasteiger partial charge is 0.273 e. The summed E-state index contributed by atoms with van der Waals surface area (Å²) in [5.41, 5.74) is 0.545. The van der Waals surface area contributed by atoms with Crippen LogP contribution in [0.3, 0.4) is 0 Å². The van der Waals surface area contributed by atoms with E-state index in [1.54, 1.807) is 17.3 Å². The number of carbonyl (C=O) groups is 1. The first-order valence-electron chi connectivity index (χ1n) is 5.31. The van der Waals surface area contributed by atoms with Crippen LogP contribution < -0.4 is 0 Å². The highest BCUT2D eigenvalue weighted by Crippen LogP contribution is 2.12. The number of nitrogens with one attached hydrogen (secondary N) is 1. The molecule has 1 amide bonds. The second kappa shape index (κ2) is 4.44. The summed E-state index contributed by atoms with van der Waals surface area (Å²) < 4.78 is 0. The number of nitrogens with zero attached hydrogens (tertiary/aromatic N) is 3. The number of carbonyl (C=O) groups excluding carboxylic acids is 1. The average Bonchev–Trinajstić information content (AvgIpc) is 2.82. The van der Waals surface area contributed by atoms with Crippen LogP contribution in [0.2, 0.25) is 0 Å². The number of aromatic amines is 1. The Balaban J connectivity index is 2.00. The van der Waals surface area contributed by atoms with Gasteiger partial charge >= 0.3 is 0 Å². The van der Waals surface area contributed by atoms with E-state index in [0.717, 1.165) is 13.1 Å². The van der Waals surface area contributed by atoms with E-state index in [-0.39, 0.29) is 5.91 Å². The standard InChI is InChI=1S/C10H16N4O/c1-13(14-7-3-2-4-8-14)10(15)9-5-6-11-12-9/h5-6H,2-4,7-8H2,1H3,(H,11,12). The highest BCUT2D eigenvalue weighted by molar-refractivity contribution is 5.91. The normalized spacial score (nSPS) is 17.7. The lowest BCUT2D eigenvalue weighted by Crippen LogP contribution is -2.46. The summed E-state index contributed by atoms with van der Waals surface area (Å²) in [5, 5.41) is 10.2. The zero-order valence-electron chi connectivity index (χ0n) is 8.94. The zero-order chi connectivity index (χ0) is 10.7. The van der Waals surface area contributed by atoms with Gasteiger partial charge in [0.2, 0.25) is 0 Å². The summed E-state index contributed by atoms with van der Waals surface area (Å²) >= 11 is 0. The number of hydrazine groups is 1. The van der Waals surface area contributed by atoms with Gasteiger partial charge in [-0.2, -0.15) is 5.10 Å². The minimum Gasteiger partial charge on any atom is -0.273 e. The Labute approximate surface area is 89.0 Å². The number of hydrogen-bond acceptors (Lipinski definition) is 3. The van der Waals surface area contributed by atoms with Crippen LogP contribution in [0, 0.1) is 0 Å². The van der Waals surface area contributed by atoms with Gasteiger partial charge in [0.05, 0.1) is 0 Å². The fourth-order valence-electron chi connectivity index (χ4n) is 1.85. The van der Waals surface area contributed by atoms with E-state index >= 15 is 0 Å². The van der Waals surface area contributed by atoms with Gasteiger partial charge < -0.3 is 0 Å². The van der Waals surface area contributed by atoms with Crippen LogP contribution in [0.5, 0.6) is 0 Å². The van der Waals surface area contributed by atoms with Crippen LogP contribution in [0.4, 0.5) is 0 Å². The van der Waals surface area contributed by atoms with Crippen molar-refractivity contribution in [2.24, 2.45) is 0 Å². The van der Waals surface area contributed by atoms with Crippen molar-refractivity contribution in [3.63, 3.8) is 0 Å². The molecule has 5 nitrogen and oxygen atoms in total. The molecule has 1 aliphatic heterocycles. The predicted octanol–water partition coefficient (Wildman–Crippen LogP) is 0.883. The first kappa shape index (κ1) is 10.2. The SMILES string of the molecule is CN(C(=O)c1ccn[nH]1)N1CCCCC1. The zero-order valence-corrected chi connectivity index (χ0v) is 8.94. The molecule has 0 saturated carbocycles. The van der Waals surface area contributed by atoms with Gasteiger partial charge in [-0.05, 0) is 18.9 Å². The lowest BCUT2D eigenvalue weighted by molar-refractivity contribution is -0.00544. The van der Waals surface area contributed by atoms with E-state index in [0.29, 0.717) is 5.69 Å². The Morgan fingerprint density at radius 1 is 1.47 bits per heavy atom. The third-order valence-corrected chi connectivity index (χ3v) is 2.78. The van der Waals surface area contributed by atoms with E-state index < -0.39 is 0 Å². The molecular formula is C10H16N4O. The fourth-order valence-corrected chi connectivity index (χ4v) is 1.85. The monoisotopic (exact) mass is 208 g/mol. The van der Waals surface area contributed by atoms with Crippen molar-refractivity contribution in [3.8, 4) is 0 Å². The van der Waals surface area contributed by atoms with Gasteiger partial charge in [0.25, 0.3) is 5.91 Å². The van der Waals surface area contributed by atoms with Crippen LogP contribution in [-0.4, -0.2) is 46.3 Å². The minimum absolute atomic E-state index is 0.0191. The second-order valence-corrected chi connectivity index (χ2v) is 3.81. The Bertz CT molecular complexity index is 316. The Hall–Kier alpha value is -1.36. The molecule has 0 aliphatic carbocycles. The molecule has 1 aromatic heterocycles. The highest BCUT2D eigenvalue weighted by Gasteiger charge is 2.21. The summed E-state index contributed by atoms with van der Waals surface area (Å²) in [7, 11) is 1.81. The van der Waals surface area contributed by atoms with Crippen molar-refractivity contribution in [2.75, 3.05) is 20.1 Å². The lowest BCUT2D eigenvalue weighted by Gasteiger charge is -2.34. The second-order valence-electron chi connectivity index (χ2n) is 3.81. The molecule has 0 radical (unpaired) electrons. The maximum absolute atomic E-state index is 11.9. The molecule has 1 saturated heterocycles. The third-order valence-electron chi connectivity index (χ3n) is 2.78. The molecule has 1 aliphatic rings. The van der Waals surface area contributed by atoms with Crippen molar-refractivity contribution in [1.29, 1.82) is 0 Å². The maximum atomic E-state index is 11.9. The minimum atomic E-state index is -0.0191. The number of hydrogen-bond donors (Lipinski definition) is 1. The Kier molecular flexibility index (Phi) is 3.01. The van der Waals surface area contributed by atoms with E-state index in [2.05, 4.69) is 15.2 Å². The van der Waals surface area contributed by atoms with E-state index in [9.17, 15) is 4.79 Å². The van der Waals surface area contributed by atoms with Gasteiger partial charge in [-0.1, -0.05) is 6.42 Å². The van der Waals surface area contributed by atoms with Gasteiger partial charge in [-0.25, -0.2) is 5.01 Å². The molecular weight excluding hydrogens is 192 g/mol. The first-order valence-corrected chi connectivity index (χ1v) is 5.31. The summed E-state index contributed by atoms with van der Waals surface area (Å²) in [4.78, 5) is 11.9. The molecule has 0 aromatic carbocycles. The average molecular weight is 208 g/mol. The third kappa shape index (κ3) is 2.18. The first-order chi connectivity index (χ1) is 7.29. The van der Waals surface area contributed by atoms with Crippen LogP contribution in [0.15, 0.2) is 12.3 Å². The van der Waals surface area contributed by atoms with Crippen molar-refractivity contribution in [2.45, 2.75) is 19.3 Å². The molecule has 1 fully saturated rings. The van der Waals surface area contributed by atoms with E-state index in [1.165, 1.54) is 19.3 Å². The molecule has 5 heteroatoms. The largest absolute Gasteiger partial charge is 0.285 e. The quantitative estimate of drug-likeness (QED) is 0.785. The predicted molar refractivity (Wildman–Crippen MR) is 56.1 cm³/mol. The van der Waals surface area contributed by atoms with Crippen LogP contribution in [0.1, 0.15) is 29.8 Å². The van der Waals surface area contributed by atoms with Gasteiger partial charge in [0.15, 0.2) is 0 Å². The van der Waals surface area contributed by atoms with E-state index in [1.807, 2.05) is 7.05 Å². The maximum Gasteiger partial charge on any atom is 0.285 e. The molecule has 15 heavy (non-hydrogen) atoms. The van der Waals surface area contributed by atoms with Crippen LogP contribution in [-0.2, 0) is 0 Å². The summed E-state index contributed by atoms with van der Waals surface area (Å²) in [5.74, 6) is -0.0191. The summed E-state index contributed by atoms with van der Waals surface area (Å²) in [6.07, 6.45) is 5.20. The Morgan fingerprint density at radius 3 is 2.80 bits per heavy atom. The van der Waals surface area contributed by atoms with Gasteiger partial charge in [0, 0.05) is 26.3 Å². The van der Waals surface area contributed by atoms with Crippen LogP contribution in [0.25, 0.3) is 0 Å². The van der Waals surface area contributed by atoms with Gasteiger partial charge in [-0.3, -0.25) is 14.9 Å². The molecule has 0 spiro atoms. The number of aromatic nitrogens is 2. The van der Waals surface area contributed by atoms with Gasteiger partial charge in [0.1, 0.15) is 5.69 Å². The summed E-state index contributed by atoms with van der Waals surface area (Å²) in [6, 6.07) is 1.70. The van der Waals surface area contributed by atoms with Crippen molar-refractivity contribution in [1.82, 2.24) is 20.2 Å². The van der Waals surface area contributed by atoms with Crippen LogP contribution >= 0.6 is 0 Å². The van der Waals surface area contributed by atoms with Crippen molar-refractivity contribution in [3.05, 3.63) is 18.0 Å². The van der Waals surface area contributed by atoms with Crippen molar-refractivity contribution < 1.29 is 4.79 Å². The molecule has 2 heterocycles. The molecule has 0 bridgehead atoms. The Morgan fingerprint density at radius 2 is 2.20 bits per heavy atom. The molecule has 1 aromatic rings.